The Hall–Kier alpha value is -1.71. The Balaban J connectivity index is 2.62. The predicted molar refractivity (Wildman–Crippen MR) is 67.7 cm³/mol. The highest BCUT2D eigenvalue weighted by molar-refractivity contribution is 5.67. The normalized spacial score (nSPS) is 11.9. The lowest BCUT2D eigenvalue weighted by atomic mass is 10.1. The van der Waals surface area contributed by atoms with E-state index in [1.54, 1.807) is 7.11 Å². The number of nitrogens with zero attached hydrogens (tertiary/aromatic N) is 1. The lowest BCUT2D eigenvalue weighted by Gasteiger charge is -2.23. The topological polar surface area (TPSA) is 49.8 Å². The van der Waals surface area contributed by atoms with E-state index < -0.39 is 5.97 Å². The summed E-state index contributed by atoms with van der Waals surface area (Å²) < 4.78 is 5.15. The van der Waals surface area contributed by atoms with Gasteiger partial charge in [0.2, 0.25) is 0 Å². The number of carboxylic acid groups (broad SMARTS) is 1. The molecule has 0 amide bonds. The van der Waals surface area contributed by atoms with Crippen LogP contribution in [-0.2, 0) is 4.79 Å². The first-order chi connectivity index (χ1) is 8.02. The number of hydrogen-bond acceptors (Lipinski definition) is 3. The third-order valence-corrected chi connectivity index (χ3v) is 2.60. The molecule has 0 aliphatic rings. The Morgan fingerprint density at radius 3 is 2.82 bits per heavy atom. The van der Waals surface area contributed by atoms with Gasteiger partial charge in [-0.2, -0.15) is 0 Å². The molecule has 1 aromatic rings. The summed E-state index contributed by atoms with van der Waals surface area (Å²) in [6.07, 6.45) is 0.189. The predicted octanol–water partition coefficient (Wildman–Crippen LogP) is 2.24. The summed E-state index contributed by atoms with van der Waals surface area (Å²) in [5.74, 6) is 0.167. The van der Waals surface area contributed by atoms with Crippen LogP contribution < -0.4 is 9.64 Å². The molecule has 94 valence electrons. The molecule has 0 radical (unpaired) electrons. The van der Waals surface area contributed by atoms with Crippen LogP contribution in [0.15, 0.2) is 24.3 Å². The Morgan fingerprint density at radius 1 is 1.53 bits per heavy atom. The Morgan fingerprint density at radius 2 is 2.24 bits per heavy atom. The first-order valence-electron chi connectivity index (χ1n) is 5.60. The average Bonchev–Trinajstić information content (AvgIpc) is 2.27. The highest BCUT2D eigenvalue weighted by atomic mass is 16.5. The molecule has 0 spiro atoms. The van der Waals surface area contributed by atoms with Gasteiger partial charge in [-0.1, -0.05) is 13.0 Å². The fourth-order valence-corrected chi connectivity index (χ4v) is 1.78. The van der Waals surface area contributed by atoms with Gasteiger partial charge in [-0.05, 0) is 18.1 Å². The molecule has 1 rings (SSSR count). The molecule has 0 saturated heterocycles. The molecule has 4 nitrogen and oxygen atoms in total. The number of rotatable bonds is 6. The van der Waals surface area contributed by atoms with E-state index in [0.717, 1.165) is 11.4 Å². The van der Waals surface area contributed by atoms with Crippen LogP contribution in [0.3, 0.4) is 0 Å². The molecule has 0 aliphatic heterocycles. The largest absolute Gasteiger partial charge is 0.497 e. The monoisotopic (exact) mass is 237 g/mol. The third kappa shape index (κ3) is 4.34. The molecule has 0 aromatic heterocycles. The van der Waals surface area contributed by atoms with Crippen LogP contribution in [-0.4, -0.2) is 31.8 Å². The van der Waals surface area contributed by atoms with Gasteiger partial charge in [-0.3, -0.25) is 4.79 Å². The van der Waals surface area contributed by atoms with Gasteiger partial charge in [-0.25, -0.2) is 0 Å². The van der Waals surface area contributed by atoms with E-state index in [1.807, 2.05) is 43.1 Å². The van der Waals surface area contributed by atoms with Crippen molar-refractivity contribution in [3.8, 4) is 5.75 Å². The zero-order valence-corrected chi connectivity index (χ0v) is 10.5. The first kappa shape index (κ1) is 13.4. The molecule has 0 bridgehead atoms. The molecule has 0 fully saturated rings. The molecular formula is C13H19NO3. The van der Waals surface area contributed by atoms with Crippen molar-refractivity contribution in [1.29, 1.82) is 0 Å². The summed E-state index contributed by atoms with van der Waals surface area (Å²) in [7, 11) is 3.58. The second-order valence-corrected chi connectivity index (χ2v) is 4.29. The summed E-state index contributed by atoms with van der Waals surface area (Å²) in [6.45, 7) is 2.64. The first-order valence-corrected chi connectivity index (χ1v) is 5.60. The summed E-state index contributed by atoms with van der Waals surface area (Å²) in [4.78, 5) is 12.6. The Kier molecular flexibility index (Phi) is 4.82. The minimum absolute atomic E-state index is 0.115. The summed E-state index contributed by atoms with van der Waals surface area (Å²) in [5.41, 5.74) is 1.03. The fourth-order valence-electron chi connectivity index (χ4n) is 1.78. The summed E-state index contributed by atoms with van der Waals surface area (Å²) >= 11 is 0. The van der Waals surface area contributed by atoms with Crippen LogP contribution in [0.1, 0.15) is 13.3 Å². The minimum atomic E-state index is -0.753. The molecule has 0 aliphatic carbocycles. The lowest BCUT2D eigenvalue weighted by Crippen LogP contribution is -2.25. The third-order valence-electron chi connectivity index (χ3n) is 2.60. The SMILES string of the molecule is COc1cccc(N(C)CC(C)CC(=O)O)c1. The van der Waals surface area contributed by atoms with E-state index in [2.05, 4.69) is 0 Å². The second-order valence-electron chi connectivity index (χ2n) is 4.29. The van der Waals surface area contributed by atoms with Crippen molar-refractivity contribution in [3.05, 3.63) is 24.3 Å². The number of methoxy groups -OCH3 is 1. The second kappa shape index (κ2) is 6.13. The number of aliphatic carboxylic acids is 1. The number of hydrogen-bond donors (Lipinski definition) is 1. The molecular weight excluding hydrogens is 218 g/mol. The smallest absolute Gasteiger partial charge is 0.303 e. The van der Waals surface area contributed by atoms with E-state index >= 15 is 0 Å². The van der Waals surface area contributed by atoms with Crippen LogP contribution in [0.4, 0.5) is 5.69 Å². The highest BCUT2D eigenvalue weighted by Gasteiger charge is 2.11. The van der Waals surface area contributed by atoms with Gasteiger partial charge < -0.3 is 14.7 Å². The van der Waals surface area contributed by atoms with E-state index in [9.17, 15) is 4.79 Å². The molecule has 4 heteroatoms. The molecule has 17 heavy (non-hydrogen) atoms. The van der Waals surface area contributed by atoms with E-state index in [0.29, 0.717) is 6.54 Å². The quantitative estimate of drug-likeness (QED) is 0.824. The van der Waals surface area contributed by atoms with Gasteiger partial charge in [-0.15, -0.1) is 0 Å². The molecule has 1 atom stereocenters. The average molecular weight is 237 g/mol. The summed E-state index contributed by atoms with van der Waals surface area (Å²) in [6, 6.07) is 7.73. The zero-order valence-electron chi connectivity index (χ0n) is 10.5. The van der Waals surface area contributed by atoms with Crippen LogP contribution in [0.2, 0.25) is 0 Å². The van der Waals surface area contributed by atoms with Crippen molar-refractivity contribution in [3.63, 3.8) is 0 Å². The van der Waals surface area contributed by atoms with Crippen molar-refractivity contribution in [2.45, 2.75) is 13.3 Å². The number of carbonyl (C=O) groups is 1. The minimum Gasteiger partial charge on any atom is -0.497 e. The van der Waals surface area contributed by atoms with Crippen molar-refractivity contribution < 1.29 is 14.6 Å². The van der Waals surface area contributed by atoms with Gasteiger partial charge in [0.25, 0.3) is 0 Å². The lowest BCUT2D eigenvalue weighted by molar-refractivity contribution is -0.137. The molecule has 0 heterocycles. The number of ether oxygens (including phenoxy) is 1. The molecule has 0 saturated carbocycles. The maximum Gasteiger partial charge on any atom is 0.303 e. The molecule has 1 aromatic carbocycles. The zero-order chi connectivity index (χ0) is 12.8. The van der Waals surface area contributed by atoms with Gasteiger partial charge in [0.1, 0.15) is 5.75 Å². The van der Waals surface area contributed by atoms with E-state index in [4.69, 9.17) is 9.84 Å². The maximum atomic E-state index is 10.6. The van der Waals surface area contributed by atoms with Crippen LogP contribution in [0.25, 0.3) is 0 Å². The van der Waals surface area contributed by atoms with Crippen molar-refractivity contribution in [2.75, 3.05) is 25.6 Å². The van der Waals surface area contributed by atoms with Crippen molar-refractivity contribution in [1.82, 2.24) is 0 Å². The standard InChI is InChI=1S/C13H19NO3/c1-10(7-13(15)16)9-14(2)11-5-4-6-12(8-11)17-3/h4-6,8,10H,7,9H2,1-3H3,(H,15,16). The van der Waals surface area contributed by atoms with E-state index in [1.165, 1.54) is 0 Å². The van der Waals surface area contributed by atoms with Gasteiger partial charge in [0.15, 0.2) is 0 Å². The van der Waals surface area contributed by atoms with Crippen LogP contribution in [0, 0.1) is 5.92 Å². The van der Waals surface area contributed by atoms with Gasteiger partial charge >= 0.3 is 5.97 Å². The number of anilines is 1. The number of benzene rings is 1. The molecule has 1 unspecified atom stereocenters. The van der Waals surface area contributed by atoms with Crippen molar-refractivity contribution >= 4 is 11.7 Å². The van der Waals surface area contributed by atoms with E-state index in [-0.39, 0.29) is 12.3 Å². The van der Waals surface area contributed by atoms with Gasteiger partial charge in [0, 0.05) is 31.8 Å². The number of carboxylic acids is 1. The van der Waals surface area contributed by atoms with Crippen molar-refractivity contribution in [2.24, 2.45) is 5.92 Å². The summed E-state index contributed by atoms with van der Waals surface area (Å²) in [5, 5.41) is 8.71. The maximum absolute atomic E-state index is 10.6. The Labute approximate surface area is 102 Å². The highest BCUT2D eigenvalue weighted by Crippen LogP contribution is 2.21. The molecule has 1 N–H and O–H groups in total. The fraction of sp³-hybridized carbons (Fsp3) is 0.462. The van der Waals surface area contributed by atoms with Crippen LogP contribution in [0.5, 0.6) is 5.75 Å². The van der Waals surface area contributed by atoms with Gasteiger partial charge in [0.05, 0.1) is 7.11 Å². The van der Waals surface area contributed by atoms with Crippen LogP contribution >= 0.6 is 0 Å². The Bertz CT molecular complexity index is 379.